The number of hydrogen-bond donors (Lipinski definition) is 0. The lowest BCUT2D eigenvalue weighted by Crippen LogP contribution is -2.36. The molecular weight excluding hydrogens is 442 g/mol. The van der Waals surface area contributed by atoms with Gasteiger partial charge in [-0.1, -0.05) is 89.3 Å². The highest BCUT2D eigenvalue weighted by Gasteiger charge is 2.17. The van der Waals surface area contributed by atoms with Crippen molar-refractivity contribution < 1.29 is 4.74 Å². The number of methoxy groups -OCH3 is 1. The smallest absolute Gasteiger partial charge is 0.0351 e. The fourth-order valence-electron chi connectivity index (χ4n) is 4.74. The Bertz CT molecular complexity index is 500. The monoisotopic (exact) mass is 505 g/mol. The highest BCUT2D eigenvalue weighted by molar-refractivity contribution is 5.01. The van der Waals surface area contributed by atoms with Gasteiger partial charge in [-0.15, -0.1) is 0 Å². The number of rotatable bonds is 7. The third-order valence-electron chi connectivity index (χ3n) is 7.39. The van der Waals surface area contributed by atoms with Crippen LogP contribution in [-0.4, -0.2) is 87.8 Å². The lowest BCUT2D eigenvalue weighted by atomic mass is 10.00. The van der Waals surface area contributed by atoms with Crippen LogP contribution in [0.1, 0.15) is 91.4 Å². The van der Waals surface area contributed by atoms with Gasteiger partial charge in [-0.3, -0.25) is 4.90 Å². The van der Waals surface area contributed by atoms with Crippen LogP contribution in [0.2, 0.25) is 0 Å². The second kappa shape index (κ2) is 25.7. The fraction of sp³-hybridized carbons (Fsp3) is 0.812. The van der Waals surface area contributed by atoms with E-state index >= 15 is 0 Å². The van der Waals surface area contributed by atoms with Crippen molar-refractivity contribution in [1.82, 2.24) is 14.7 Å². The number of likely N-dealkylation sites (tertiary alicyclic amines) is 1. The van der Waals surface area contributed by atoms with Gasteiger partial charge in [0.1, 0.15) is 0 Å². The molecule has 1 saturated carbocycles. The van der Waals surface area contributed by atoms with E-state index < -0.39 is 0 Å². The summed E-state index contributed by atoms with van der Waals surface area (Å²) >= 11 is 0. The third kappa shape index (κ3) is 21.2. The Morgan fingerprint density at radius 3 is 1.92 bits per heavy atom. The molecular formula is C32H63N3O. The van der Waals surface area contributed by atoms with Gasteiger partial charge in [0.05, 0.1) is 0 Å². The highest BCUT2D eigenvalue weighted by atomic mass is 16.4. The molecule has 0 amide bonds. The van der Waals surface area contributed by atoms with Crippen molar-refractivity contribution in [2.45, 2.75) is 97.4 Å². The van der Waals surface area contributed by atoms with Gasteiger partial charge < -0.3 is 14.5 Å². The zero-order valence-corrected chi connectivity index (χ0v) is 25.2. The van der Waals surface area contributed by atoms with Crippen LogP contribution >= 0.6 is 0 Å². The summed E-state index contributed by atoms with van der Waals surface area (Å²) in [5.41, 5.74) is 0. The van der Waals surface area contributed by atoms with Gasteiger partial charge in [0.25, 0.3) is 0 Å². The molecule has 0 aromatic carbocycles. The molecule has 0 aromatic rings. The van der Waals surface area contributed by atoms with Crippen molar-refractivity contribution >= 4 is 0 Å². The Morgan fingerprint density at radius 2 is 1.42 bits per heavy atom. The van der Waals surface area contributed by atoms with Crippen LogP contribution < -0.4 is 0 Å². The molecule has 36 heavy (non-hydrogen) atoms. The van der Waals surface area contributed by atoms with Crippen LogP contribution in [0.25, 0.3) is 0 Å². The summed E-state index contributed by atoms with van der Waals surface area (Å²) in [4.78, 5) is 7.60. The quantitative estimate of drug-likeness (QED) is 0.264. The van der Waals surface area contributed by atoms with Crippen LogP contribution in [0, 0.1) is 5.92 Å². The van der Waals surface area contributed by atoms with Gasteiger partial charge in [-0.05, 0) is 84.7 Å². The first-order valence-electron chi connectivity index (χ1n) is 15.0. The molecule has 1 unspecified atom stereocenters. The molecule has 3 fully saturated rings. The maximum atomic E-state index is 4.25. The van der Waals surface area contributed by atoms with Crippen LogP contribution in [0.4, 0.5) is 0 Å². The Labute approximate surface area is 226 Å². The zero-order chi connectivity index (χ0) is 26.9. The lowest BCUT2D eigenvalue weighted by molar-refractivity contribution is 0.211. The van der Waals surface area contributed by atoms with Crippen molar-refractivity contribution in [3.8, 4) is 0 Å². The van der Waals surface area contributed by atoms with Gasteiger partial charge in [0, 0.05) is 33.4 Å². The molecule has 2 saturated heterocycles. The summed E-state index contributed by atoms with van der Waals surface area (Å²) in [5.74, 6) is 0.978. The molecule has 0 bridgehead atoms. The standard InChI is InChI=1S/C17H30N2.C7H15N.C6H12.C2H6O/c1-4-6-7-8-9-10-12-17(3)19-14-11-13-18(5-2)15-16-19;1-7-3-5-8(2)6-4-7;1-2-4-6-5-3-1;1-3-2/h4,6-7,9-10,17H,1,5,8,11-16H2,2-3H3;7H,3-6H2,1-2H3;1-6H2;1-2H3/b7-6-,10-9-;;;. The van der Waals surface area contributed by atoms with Crippen LogP contribution in [-0.2, 0) is 4.74 Å². The summed E-state index contributed by atoms with van der Waals surface area (Å²) in [6, 6.07) is 0.663. The van der Waals surface area contributed by atoms with Crippen molar-refractivity contribution in [1.29, 1.82) is 0 Å². The van der Waals surface area contributed by atoms with Crippen molar-refractivity contribution in [3.63, 3.8) is 0 Å². The minimum absolute atomic E-state index is 0.663. The summed E-state index contributed by atoms with van der Waals surface area (Å²) in [7, 11) is 5.45. The first-order chi connectivity index (χ1) is 17.5. The average Bonchev–Trinajstić information content (AvgIpc) is 3.16. The number of nitrogens with zero attached hydrogens (tertiary/aromatic N) is 3. The summed E-state index contributed by atoms with van der Waals surface area (Å²) in [6.07, 6.45) is 25.8. The van der Waals surface area contributed by atoms with Gasteiger partial charge in [0.15, 0.2) is 0 Å². The molecule has 3 aliphatic rings. The maximum absolute atomic E-state index is 4.25. The number of likely N-dealkylation sites (N-methyl/N-ethyl adjacent to an activating group) is 1. The Kier molecular flexibility index (Phi) is 25.0. The number of ether oxygens (including phenoxy) is 1. The Hall–Kier alpha value is -0.940. The minimum Gasteiger partial charge on any atom is -0.388 e. The van der Waals surface area contributed by atoms with E-state index in [9.17, 15) is 0 Å². The molecule has 4 heteroatoms. The molecule has 1 atom stereocenters. The molecule has 1 aliphatic carbocycles. The molecule has 3 rings (SSSR count). The molecule has 212 valence electrons. The SMILES string of the molecule is C1CCCCC1.C=C/C=C\C/C=C\CC(C)N1CCCN(CC)CC1.CC1CCN(C)CC1.COC. The second-order valence-electron chi connectivity index (χ2n) is 10.8. The maximum Gasteiger partial charge on any atom is 0.0351 e. The fourth-order valence-corrected chi connectivity index (χ4v) is 4.74. The van der Waals surface area contributed by atoms with E-state index in [1.807, 2.05) is 12.2 Å². The number of piperidine rings is 1. The molecule has 0 spiro atoms. The molecule has 2 heterocycles. The van der Waals surface area contributed by atoms with Gasteiger partial charge in [-0.2, -0.15) is 0 Å². The largest absolute Gasteiger partial charge is 0.388 e. The highest BCUT2D eigenvalue weighted by Crippen LogP contribution is 2.15. The molecule has 0 aromatic heterocycles. The van der Waals surface area contributed by atoms with Gasteiger partial charge in [0.2, 0.25) is 0 Å². The van der Waals surface area contributed by atoms with Gasteiger partial charge in [-0.25, -0.2) is 0 Å². The van der Waals surface area contributed by atoms with Crippen LogP contribution in [0.15, 0.2) is 37.0 Å². The van der Waals surface area contributed by atoms with Crippen LogP contribution in [0.3, 0.4) is 0 Å². The first-order valence-corrected chi connectivity index (χ1v) is 15.0. The minimum atomic E-state index is 0.663. The van der Waals surface area contributed by atoms with E-state index in [2.05, 4.69) is 72.1 Å². The van der Waals surface area contributed by atoms with E-state index in [1.165, 1.54) is 104 Å². The normalized spacial score (nSPS) is 21.4. The van der Waals surface area contributed by atoms with Crippen molar-refractivity contribution in [3.05, 3.63) is 37.0 Å². The summed E-state index contributed by atoms with van der Waals surface area (Å²) in [6.45, 7) is 19.4. The van der Waals surface area contributed by atoms with Crippen LogP contribution in [0.5, 0.6) is 0 Å². The van der Waals surface area contributed by atoms with E-state index in [4.69, 9.17) is 0 Å². The molecule has 0 N–H and O–H groups in total. The lowest BCUT2D eigenvalue weighted by Gasteiger charge is -2.26. The number of allylic oxidation sites excluding steroid dienone is 4. The Balaban J connectivity index is 0.000000582. The predicted octanol–water partition coefficient (Wildman–Crippen LogP) is 7.43. The van der Waals surface area contributed by atoms with Crippen molar-refractivity contribution in [2.75, 3.05) is 67.1 Å². The van der Waals surface area contributed by atoms with E-state index in [0.29, 0.717) is 6.04 Å². The van der Waals surface area contributed by atoms with E-state index in [0.717, 1.165) is 18.8 Å². The van der Waals surface area contributed by atoms with Gasteiger partial charge >= 0.3 is 0 Å². The van der Waals surface area contributed by atoms with Crippen molar-refractivity contribution in [2.24, 2.45) is 5.92 Å². The zero-order valence-electron chi connectivity index (χ0n) is 25.2. The topological polar surface area (TPSA) is 19.0 Å². The Morgan fingerprint density at radius 1 is 0.833 bits per heavy atom. The third-order valence-corrected chi connectivity index (χ3v) is 7.39. The first kappa shape index (κ1) is 35.1. The number of hydrogen-bond acceptors (Lipinski definition) is 4. The molecule has 4 nitrogen and oxygen atoms in total. The predicted molar refractivity (Wildman–Crippen MR) is 162 cm³/mol. The van der Waals surface area contributed by atoms with E-state index in [1.54, 1.807) is 14.2 Å². The van der Waals surface area contributed by atoms with E-state index in [-0.39, 0.29) is 0 Å². The average molecular weight is 506 g/mol. The summed E-state index contributed by atoms with van der Waals surface area (Å²) < 4.78 is 4.25. The molecule has 2 aliphatic heterocycles. The second-order valence-corrected chi connectivity index (χ2v) is 10.8. The summed E-state index contributed by atoms with van der Waals surface area (Å²) in [5, 5.41) is 0. The molecule has 0 radical (unpaired) electrons.